The summed E-state index contributed by atoms with van der Waals surface area (Å²) >= 11 is 0. The van der Waals surface area contributed by atoms with Crippen LogP contribution in [0.25, 0.3) is 5.69 Å². The molecule has 0 saturated carbocycles. The van der Waals surface area contributed by atoms with Gasteiger partial charge >= 0.3 is 0 Å². The number of hydrogen-bond donors (Lipinski definition) is 0. The molecule has 0 spiro atoms. The molecule has 5 nitrogen and oxygen atoms in total. The molecule has 0 amide bonds. The zero-order valence-corrected chi connectivity index (χ0v) is 18.2. The van der Waals surface area contributed by atoms with E-state index in [2.05, 4.69) is 4.90 Å². The first-order valence-corrected chi connectivity index (χ1v) is 10.5. The number of aromatic nitrogens is 1. The number of hydrogen-bond acceptors (Lipinski definition) is 4. The third kappa shape index (κ3) is 4.88. The zero-order valence-electron chi connectivity index (χ0n) is 18.2. The molecule has 0 unspecified atom stereocenters. The van der Waals surface area contributed by atoms with E-state index in [4.69, 9.17) is 4.74 Å². The quantitative estimate of drug-likeness (QED) is 0.538. The summed E-state index contributed by atoms with van der Waals surface area (Å²) < 4.78 is 63.2. The largest absolute Gasteiger partial charge is 0.489 e. The third-order valence-corrected chi connectivity index (χ3v) is 5.69. The van der Waals surface area contributed by atoms with Crippen molar-refractivity contribution in [1.82, 2.24) is 9.47 Å². The van der Waals surface area contributed by atoms with Gasteiger partial charge in [0.05, 0.1) is 0 Å². The van der Waals surface area contributed by atoms with Crippen LogP contribution in [0.3, 0.4) is 0 Å². The highest BCUT2D eigenvalue weighted by Crippen LogP contribution is 2.27. The zero-order chi connectivity index (χ0) is 23.7. The lowest BCUT2D eigenvalue weighted by Crippen LogP contribution is -2.44. The van der Waals surface area contributed by atoms with Crippen LogP contribution in [0.5, 0.6) is 5.75 Å². The number of ether oxygens (including phenoxy) is 1. The molecule has 2 heterocycles. The van der Waals surface area contributed by atoms with Gasteiger partial charge < -0.3 is 14.5 Å². The summed E-state index contributed by atoms with van der Waals surface area (Å²) in [7, 11) is 1.99. The van der Waals surface area contributed by atoms with Gasteiger partial charge in [-0.05, 0) is 38.2 Å². The molecule has 1 fully saturated rings. The van der Waals surface area contributed by atoms with Crippen molar-refractivity contribution in [3.63, 3.8) is 0 Å². The molecule has 0 radical (unpaired) electrons. The van der Waals surface area contributed by atoms with Gasteiger partial charge in [-0.25, -0.2) is 17.6 Å². The molecule has 0 N–H and O–H groups in total. The Balaban J connectivity index is 1.59. The minimum absolute atomic E-state index is 0.104. The Bertz CT molecular complexity index is 1210. The molecule has 3 aromatic rings. The van der Waals surface area contributed by atoms with Crippen LogP contribution in [0, 0.1) is 30.2 Å². The van der Waals surface area contributed by atoms with Crippen LogP contribution in [-0.2, 0) is 6.61 Å². The van der Waals surface area contributed by atoms with Crippen LogP contribution in [0.2, 0.25) is 0 Å². The Kier molecular flexibility index (Phi) is 6.42. The fourth-order valence-corrected chi connectivity index (χ4v) is 3.85. The van der Waals surface area contributed by atoms with E-state index in [1.54, 1.807) is 0 Å². The molecule has 0 bridgehead atoms. The molecule has 9 heteroatoms. The lowest BCUT2D eigenvalue weighted by atomic mass is 10.2. The van der Waals surface area contributed by atoms with Crippen LogP contribution in [0.4, 0.5) is 23.2 Å². The average molecular weight is 461 g/mol. The van der Waals surface area contributed by atoms with Gasteiger partial charge in [-0.15, -0.1) is 0 Å². The van der Waals surface area contributed by atoms with Gasteiger partial charge in [-0.1, -0.05) is 0 Å². The van der Waals surface area contributed by atoms with Crippen molar-refractivity contribution in [2.75, 3.05) is 38.1 Å². The number of pyridine rings is 1. The van der Waals surface area contributed by atoms with E-state index >= 15 is 0 Å². The Hall–Kier alpha value is -3.33. The van der Waals surface area contributed by atoms with E-state index in [9.17, 15) is 22.4 Å². The van der Waals surface area contributed by atoms with Gasteiger partial charge in [0, 0.05) is 61.3 Å². The van der Waals surface area contributed by atoms with Crippen LogP contribution in [-0.4, -0.2) is 42.7 Å². The predicted molar refractivity (Wildman–Crippen MR) is 117 cm³/mol. The van der Waals surface area contributed by atoms with Gasteiger partial charge in [-0.3, -0.25) is 9.36 Å². The summed E-state index contributed by atoms with van der Waals surface area (Å²) in [5.41, 5.74) is -0.396. The Morgan fingerprint density at radius 3 is 2.15 bits per heavy atom. The highest BCUT2D eigenvalue weighted by Gasteiger charge is 2.21. The van der Waals surface area contributed by atoms with Gasteiger partial charge in [0.2, 0.25) is 0 Å². The van der Waals surface area contributed by atoms with Crippen LogP contribution in [0.1, 0.15) is 11.3 Å². The first-order chi connectivity index (χ1) is 15.7. The highest BCUT2D eigenvalue weighted by molar-refractivity contribution is 5.54. The van der Waals surface area contributed by atoms with E-state index in [0.717, 1.165) is 35.9 Å². The highest BCUT2D eigenvalue weighted by atomic mass is 19.1. The minimum atomic E-state index is -0.851. The fraction of sp³-hybridized carbons (Fsp3) is 0.292. The second-order valence-electron chi connectivity index (χ2n) is 8.08. The van der Waals surface area contributed by atoms with Crippen molar-refractivity contribution < 1.29 is 22.3 Å². The molecule has 1 aliphatic rings. The lowest BCUT2D eigenvalue weighted by Gasteiger charge is -2.34. The molecular formula is C24H23F4N3O2. The number of piperazine rings is 1. The molecule has 0 atom stereocenters. The monoisotopic (exact) mass is 461 g/mol. The first kappa shape index (κ1) is 22.8. The van der Waals surface area contributed by atoms with Crippen molar-refractivity contribution in [2.24, 2.45) is 0 Å². The maximum absolute atomic E-state index is 15.0. The van der Waals surface area contributed by atoms with E-state index in [1.807, 2.05) is 11.9 Å². The number of halogens is 4. The van der Waals surface area contributed by atoms with Gasteiger partial charge in [0.1, 0.15) is 29.7 Å². The van der Waals surface area contributed by atoms with Crippen LogP contribution in [0.15, 0.2) is 47.3 Å². The number of nitrogens with zero attached hydrogens (tertiary/aromatic N) is 3. The molecule has 174 valence electrons. The van der Waals surface area contributed by atoms with Crippen molar-refractivity contribution >= 4 is 5.69 Å². The summed E-state index contributed by atoms with van der Waals surface area (Å²) in [5, 5.41) is 0. The number of anilines is 1. The number of likely N-dealkylation sites (N-methyl/N-ethyl adjacent to an activating group) is 1. The average Bonchev–Trinajstić information content (AvgIpc) is 2.75. The molecule has 0 aliphatic carbocycles. The molecule has 2 aromatic carbocycles. The predicted octanol–water partition coefficient (Wildman–Crippen LogP) is 4.03. The number of aryl methyl sites for hydroxylation is 1. The summed E-state index contributed by atoms with van der Waals surface area (Å²) in [6, 6.07) is 8.04. The molecule has 1 aromatic heterocycles. The second-order valence-corrected chi connectivity index (χ2v) is 8.08. The van der Waals surface area contributed by atoms with Gasteiger partial charge in [0.15, 0.2) is 11.6 Å². The van der Waals surface area contributed by atoms with E-state index in [-0.39, 0.29) is 23.6 Å². The summed E-state index contributed by atoms with van der Waals surface area (Å²) in [4.78, 5) is 16.8. The SMILES string of the molecule is Cc1cc(OCc2ccc(F)cc2F)cc(=O)n1-c1c(F)cc(N2CCN(C)CC2)cc1F. The van der Waals surface area contributed by atoms with E-state index in [0.29, 0.717) is 18.8 Å². The molecule has 33 heavy (non-hydrogen) atoms. The molecule has 1 saturated heterocycles. The molecular weight excluding hydrogens is 438 g/mol. The van der Waals surface area contributed by atoms with Crippen molar-refractivity contribution in [3.05, 3.63) is 87.3 Å². The van der Waals surface area contributed by atoms with Crippen molar-refractivity contribution in [2.45, 2.75) is 13.5 Å². The van der Waals surface area contributed by atoms with E-state index in [1.165, 1.54) is 31.2 Å². The standard InChI is InChI=1S/C24H23F4N3O2/c1-15-9-19(33-14-16-3-4-17(25)10-20(16)26)13-23(32)31(15)24-21(27)11-18(12-22(24)28)30-7-5-29(2)6-8-30/h3-4,9-13H,5-8,14H2,1-2H3. The Morgan fingerprint density at radius 2 is 1.55 bits per heavy atom. The van der Waals surface area contributed by atoms with Crippen molar-refractivity contribution in [1.29, 1.82) is 0 Å². The number of benzene rings is 2. The third-order valence-electron chi connectivity index (χ3n) is 5.69. The molecule has 4 rings (SSSR count). The van der Waals surface area contributed by atoms with Crippen molar-refractivity contribution in [3.8, 4) is 11.4 Å². The normalized spacial score (nSPS) is 14.5. The summed E-state index contributed by atoms with van der Waals surface area (Å²) in [6.45, 7) is 4.14. The topological polar surface area (TPSA) is 37.7 Å². The van der Waals surface area contributed by atoms with Crippen LogP contribution < -0.4 is 15.2 Å². The Labute approximate surface area is 188 Å². The first-order valence-electron chi connectivity index (χ1n) is 10.5. The van der Waals surface area contributed by atoms with E-state index < -0.39 is 34.5 Å². The maximum Gasteiger partial charge on any atom is 0.259 e. The summed E-state index contributed by atoms with van der Waals surface area (Å²) in [6.07, 6.45) is 0. The second kappa shape index (κ2) is 9.27. The van der Waals surface area contributed by atoms with Gasteiger partial charge in [-0.2, -0.15) is 0 Å². The maximum atomic E-state index is 15.0. The minimum Gasteiger partial charge on any atom is -0.489 e. The lowest BCUT2D eigenvalue weighted by molar-refractivity contribution is 0.298. The summed E-state index contributed by atoms with van der Waals surface area (Å²) in [5.74, 6) is -3.08. The van der Waals surface area contributed by atoms with Gasteiger partial charge in [0.25, 0.3) is 5.56 Å². The Morgan fingerprint density at radius 1 is 0.879 bits per heavy atom. The van der Waals surface area contributed by atoms with Crippen LogP contribution >= 0.6 is 0 Å². The fourth-order valence-electron chi connectivity index (χ4n) is 3.85. The smallest absolute Gasteiger partial charge is 0.259 e. The number of rotatable bonds is 5. The molecule has 1 aliphatic heterocycles.